The molecule has 1 heterocycles. The molecule has 0 saturated carbocycles. The van der Waals surface area contributed by atoms with Crippen molar-refractivity contribution in [3.05, 3.63) is 33.8 Å². The topological polar surface area (TPSA) is 32.3 Å². The molecule has 1 aromatic carbocycles. The number of amides is 1. The lowest BCUT2D eigenvalue weighted by molar-refractivity contribution is 0.0715. The summed E-state index contributed by atoms with van der Waals surface area (Å²) in [7, 11) is 0. The molecule has 2 rings (SSSR count). The standard InChI is InChI=1S/C17H25BrN2O/c1-3-10-20(12-14-6-8-19-9-7-14)17(21)16-5-4-15(18)11-13(16)2/h4-5,11,14,19H,3,6-10,12H2,1-2H3. The van der Waals surface area contributed by atoms with Crippen molar-refractivity contribution in [2.45, 2.75) is 33.1 Å². The molecule has 0 spiro atoms. The summed E-state index contributed by atoms with van der Waals surface area (Å²) >= 11 is 3.46. The van der Waals surface area contributed by atoms with Crippen LogP contribution in [-0.4, -0.2) is 37.0 Å². The number of piperidine rings is 1. The Morgan fingerprint density at radius 2 is 2.10 bits per heavy atom. The minimum absolute atomic E-state index is 0.181. The largest absolute Gasteiger partial charge is 0.338 e. The molecule has 4 heteroatoms. The summed E-state index contributed by atoms with van der Waals surface area (Å²) in [4.78, 5) is 14.9. The van der Waals surface area contributed by atoms with E-state index in [4.69, 9.17) is 0 Å². The highest BCUT2D eigenvalue weighted by Gasteiger charge is 2.22. The summed E-state index contributed by atoms with van der Waals surface area (Å²) in [5.41, 5.74) is 1.88. The first-order valence-electron chi connectivity index (χ1n) is 7.88. The van der Waals surface area contributed by atoms with Gasteiger partial charge in [0.25, 0.3) is 5.91 Å². The molecule has 3 nitrogen and oxygen atoms in total. The lowest BCUT2D eigenvalue weighted by Crippen LogP contribution is -2.40. The van der Waals surface area contributed by atoms with Crippen molar-refractivity contribution >= 4 is 21.8 Å². The van der Waals surface area contributed by atoms with E-state index < -0.39 is 0 Å². The van der Waals surface area contributed by atoms with E-state index >= 15 is 0 Å². The highest BCUT2D eigenvalue weighted by molar-refractivity contribution is 9.10. The van der Waals surface area contributed by atoms with Crippen LogP contribution >= 0.6 is 15.9 Å². The van der Waals surface area contributed by atoms with Crippen molar-refractivity contribution < 1.29 is 4.79 Å². The SMILES string of the molecule is CCCN(CC1CCNCC1)C(=O)c1ccc(Br)cc1C. The lowest BCUT2D eigenvalue weighted by Gasteiger charge is -2.30. The van der Waals surface area contributed by atoms with Gasteiger partial charge in [0, 0.05) is 23.1 Å². The predicted octanol–water partition coefficient (Wildman–Crippen LogP) is 3.61. The van der Waals surface area contributed by atoms with Crippen LogP contribution in [0.2, 0.25) is 0 Å². The molecule has 1 fully saturated rings. The van der Waals surface area contributed by atoms with Gasteiger partial charge in [0.15, 0.2) is 0 Å². The fraction of sp³-hybridized carbons (Fsp3) is 0.588. The molecule has 0 bridgehead atoms. The Hall–Kier alpha value is -0.870. The number of rotatable bonds is 5. The molecule has 21 heavy (non-hydrogen) atoms. The van der Waals surface area contributed by atoms with Crippen LogP contribution in [0.3, 0.4) is 0 Å². The third-order valence-electron chi connectivity index (χ3n) is 4.14. The van der Waals surface area contributed by atoms with E-state index in [0.717, 1.165) is 48.2 Å². The van der Waals surface area contributed by atoms with Crippen LogP contribution in [0.1, 0.15) is 42.1 Å². The van der Waals surface area contributed by atoms with Crippen molar-refractivity contribution in [1.82, 2.24) is 10.2 Å². The molecular weight excluding hydrogens is 328 g/mol. The summed E-state index contributed by atoms with van der Waals surface area (Å²) < 4.78 is 1.02. The van der Waals surface area contributed by atoms with Gasteiger partial charge in [-0.2, -0.15) is 0 Å². The first-order valence-corrected chi connectivity index (χ1v) is 8.67. The first-order chi connectivity index (χ1) is 10.1. The third kappa shape index (κ3) is 4.55. The number of hydrogen-bond acceptors (Lipinski definition) is 2. The van der Waals surface area contributed by atoms with Gasteiger partial charge in [-0.1, -0.05) is 22.9 Å². The summed E-state index contributed by atoms with van der Waals surface area (Å²) in [6.07, 6.45) is 3.35. The zero-order valence-corrected chi connectivity index (χ0v) is 14.6. The Balaban J connectivity index is 2.10. The number of hydrogen-bond donors (Lipinski definition) is 1. The van der Waals surface area contributed by atoms with Gasteiger partial charge in [0.05, 0.1) is 0 Å². The Bertz CT molecular complexity index is 484. The van der Waals surface area contributed by atoms with E-state index in [2.05, 4.69) is 28.2 Å². The minimum Gasteiger partial charge on any atom is -0.338 e. The molecular formula is C17H25BrN2O. The molecule has 1 aliphatic rings. The van der Waals surface area contributed by atoms with Crippen molar-refractivity contribution in [2.24, 2.45) is 5.92 Å². The molecule has 0 atom stereocenters. The fourth-order valence-corrected chi connectivity index (χ4v) is 3.43. The second-order valence-electron chi connectivity index (χ2n) is 5.90. The average Bonchev–Trinajstić information content (AvgIpc) is 2.47. The van der Waals surface area contributed by atoms with Gasteiger partial charge in [0.1, 0.15) is 0 Å². The smallest absolute Gasteiger partial charge is 0.254 e. The molecule has 116 valence electrons. The minimum atomic E-state index is 0.181. The summed E-state index contributed by atoms with van der Waals surface area (Å²) in [5.74, 6) is 0.817. The molecule has 1 saturated heterocycles. The number of nitrogens with one attached hydrogen (secondary N) is 1. The Kier molecular flexibility index (Phi) is 6.24. The third-order valence-corrected chi connectivity index (χ3v) is 4.63. The average molecular weight is 353 g/mol. The second-order valence-corrected chi connectivity index (χ2v) is 6.82. The van der Waals surface area contributed by atoms with E-state index in [-0.39, 0.29) is 5.91 Å². The quantitative estimate of drug-likeness (QED) is 0.877. The van der Waals surface area contributed by atoms with Crippen molar-refractivity contribution in [3.8, 4) is 0 Å². The zero-order valence-electron chi connectivity index (χ0n) is 13.0. The maximum atomic E-state index is 12.8. The summed E-state index contributed by atoms with van der Waals surface area (Å²) in [6, 6.07) is 5.91. The highest BCUT2D eigenvalue weighted by Crippen LogP contribution is 2.20. The number of nitrogens with zero attached hydrogens (tertiary/aromatic N) is 1. The van der Waals surface area contributed by atoms with Crippen LogP contribution in [0.5, 0.6) is 0 Å². The van der Waals surface area contributed by atoms with Crippen molar-refractivity contribution in [1.29, 1.82) is 0 Å². The van der Waals surface area contributed by atoms with Crippen LogP contribution in [0.15, 0.2) is 22.7 Å². The van der Waals surface area contributed by atoms with Crippen molar-refractivity contribution in [3.63, 3.8) is 0 Å². The van der Waals surface area contributed by atoms with Crippen LogP contribution in [-0.2, 0) is 0 Å². The van der Waals surface area contributed by atoms with E-state index in [0.29, 0.717) is 5.92 Å². The van der Waals surface area contributed by atoms with Gasteiger partial charge in [-0.15, -0.1) is 0 Å². The van der Waals surface area contributed by atoms with Gasteiger partial charge >= 0.3 is 0 Å². The highest BCUT2D eigenvalue weighted by atomic mass is 79.9. The van der Waals surface area contributed by atoms with Crippen LogP contribution in [0.4, 0.5) is 0 Å². The van der Waals surface area contributed by atoms with E-state index in [9.17, 15) is 4.79 Å². The molecule has 0 aromatic heterocycles. The molecule has 1 N–H and O–H groups in total. The molecule has 1 aliphatic heterocycles. The van der Waals surface area contributed by atoms with Crippen LogP contribution in [0, 0.1) is 12.8 Å². The molecule has 0 aliphatic carbocycles. The predicted molar refractivity (Wildman–Crippen MR) is 90.7 cm³/mol. The van der Waals surface area contributed by atoms with Gasteiger partial charge in [-0.05, 0) is 69.0 Å². The van der Waals surface area contributed by atoms with Crippen LogP contribution in [0.25, 0.3) is 0 Å². The van der Waals surface area contributed by atoms with E-state index in [1.54, 1.807) is 0 Å². The number of carbonyl (C=O) groups is 1. The normalized spacial score (nSPS) is 16.0. The van der Waals surface area contributed by atoms with Gasteiger partial charge in [-0.25, -0.2) is 0 Å². The van der Waals surface area contributed by atoms with Crippen molar-refractivity contribution in [2.75, 3.05) is 26.2 Å². The van der Waals surface area contributed by atoms with E-state index in [1.165, 1.54) is 12.8 Å². The Morgan fingerprint density at radius 1 is 1.38 bits per heavy atom. The second kappa shape index (κ2) is 7.95. The molecule has 0 unspecified atom stereocenters. The number of halogens is 1. The number of aryl methyl sites for hydroxylation is 1. The van der Waals surface area contributed by atoms with E-state index in [1.807, 2.05) is 30.0 Å². The maximum absolute atomic E-state index is 12.8. The summed E-state index contributed by atoms with van der Waals surface area (Å²) in [5, 5.41) is 3.39. The monoisotopic (exact) mass is 352 g/mol. The Morgan fingerprint density at radius 3 is 2.71 bits per heavy atom. The summed E-state index contributed by atoms with van der Waals surface area (Å²) in [6.45, 7) is 8.04. The maximum Gasteiger partial charge on any atom is 0.254 e. The fourth-order valence-electron chi connectivity index (χ4n) is 2.96. The van der Waals surface area contributed by atoms with Gasteiger partial charge in [-0.3, -0.25) is 4.79 Å². The molecule has 1 amide bonds. The molecule has 0 radical (unpaired) electrons. The number of benzene rings is 1. The number of carbonyl (C=O) groups excluding carboxylic acids is 1. The van der Waals surface area contributed by atoms with Gasteiger partial charge in [0.2, 0.25) is 0 Å². The lowest BCUT2D eigenvalue weighted by atomic mass is 9.97. The molecule has 1 aromatic rings. The van der Waals surface area contributed by atoms with Crippen LogP contribution < -0.4 is 5.32 Å². The Labute approximate surface area is 136 Å². The zero-order chi connectivity index (χ0) is 15.2. The van der Waals surface area contributed by atoms with Gasteiger partial charge < -0.3 is 10.2 Å². The first kappa shape index (κ1) is 16.5.